The van der Waals surface area contributed by atoms with Gasteiger partial charge in [-0.05, 0) is 44.2 Å². The molecular weight excluding hydrogens is 302 g/mol. The normalized spacial score (nSPS) is 12.0. The van der Waals surface area contributed by atoms with Crippen LogP contribution in [0.4, 0.5) is 5.69 Å². The molecule has 0 bridgehead atoms. The molecule has 0 unspecified atom stereocenters. The van der Waals surface area contributed by atoms with Crippen LogP contribution in [0.1, 0.15) is 72.1 Å². The highest BCUT2D eigenvalue weighted by Gasteiger charge is 2.27. The van der Waals surface area contributed by atoms with E-state index >= 15 is 0 Å². The maximum atomic E-state index is 2.36. The van der Waals surface area contributed by atoms with Gasteiger partial charge in [0.2, 0.25) is 0 Å². The predicted molar refractivity (Wildman–Crippen MR) is 114 cm³/mol. The molecule has 0 fully saturated rings. The lowest BCUT2D eigenvalue weighted by Crippen LogP contribution is -2.49. The number of rotatable bonds is 12. The van der Waals surface area contributed by atoms with Gasteiger partial charge in [-0.15, -0.1) is 0 Å². The minimum absolute atomic E-state index is 1.12. The molecule has 0 aliphatic carbocycles. The molecule has 0 radical (unpaired) electrons. The van der Waals surface area contributed by atoms with Gasteiger partial charge in [0.1, 0.15) is 5.69 Å². The first-order valence-electron chi connectivity index (χ1n) is 10.6. The van der Waals surface area contributed by atoms with Gasteiger partial charge in [0.05, 0.1) is 19.6 Å². The van der Waals surface area contributed by atoms with Crippen LogP contribution in [0.3, 0.4) is 0 Å². The average Bonchev–Trinajstić information content (AvgIpc) is 2.67. The summed E-state index contributed by atoms with van der Waals surface area (Å²) in [6.07, 6.45) is 11.2. The van der Waals surface area contributed by atoms with E-state index in [9.17, 15) is 0 Å². The maximum Gasteiger partial charge on any atom is 0.140 e. The minimum atomic E-state index is 1.12. The number of hydrogen-bond acceptors (Lipinski definition) is 0. The quantitative estimate of drug-likeness (QED) is 0.280. The summed E-state index contributed by atoms with van der Waals surface area (Å²) in [4.78, 5) is 0. The molecule has 0 saturated heterocycles. The summed E-state index contributed by atoms with van der Waals surface area (Å²) in [5.41, 5.74) is 1.52. The summed E-state index contributed by atoms with van der Waals surface area (Å²) in [6, 6.07) is 15.7. The van der Waals surface area contributed by atoms with E-state index in [0.29, 0.717) is 0 Å². The van der Waals surface area contributed by atoms with Crippen LogP contribution < -0.4 is 4.48 Å². The largest absolute Gasteiger partial charge is 0.291 e. The average molecular weight is 341 g/mol. The van der Waals surface area contributed by atoms with Gasteiger partial charge in [-0.25, -0.2) is 0 Å². The van der Waals surface area contributed by atoms with E-state index in [1.807, 2.05) is 0 Å². The second kappa shape index (κ2) is 10.6. The van der Waals surface area contributed by atoms with Crippen molar-refractivity contribution in [2.75, 3.05) is 19.6 Å². The Morgan fingerprint density at radius 2 is 1.24 bits per heavy atom. The van der Waals surface area contributed by atoms with Crippen LogP contribution in [0, 0.1) is 0 Å². The number of hydrogen-bond donors (Lipinski definition) is 0. The zero-order chi connectivity index (χ0) is 18.0. The molecule has 0 aliphatic rings. The summed E-state index contributed by atoms with van der Waals surface area (Å²) >= 11 is 0. The summed E-state index contributed by atoms with van der Waals surface area (Å²) in [6.45, 7) is 10.6. The minimum Gasteiger partial charge on any atom is -0.291 e. The van der Waals surface area contributed by atoms with Crippen LogP contribution in [-0.2, 0) is 0 Å². The van der Waals surface area contributed by atoms with Crippen molar-refractivity contribution in [1.82, 2.24) is 4.48 Å². The first-order chi connectivity index (χ1) is 12.3. The Bertz CT molecular complexity index is 607. The van der Waals surface area contributed by atoms with E-state index in [0.717, 1.165) is 4.48 Å². The Kier molecular flexibility index (Phi) is 8.48. The van der Waals surface area contributed by atoms with Gasteiger partial charge in [-0.3, -0.25) is 4.48 Å². The summed E-state index contributed by atoms with van der Waals surface area (Å²) in [7, 11) is 0. The summed E-state index contributed by atoms with van der Waals surface area (Å²) in [5, 5.41) is 2.81. The standard InChI is InChI=1S/C24H38N/c1-4-7-8-9-10-11-12-15-21-25(5-2,6-3)24-20-16-18-22-17-13-14-19-23(22)24/h13-14,16-20H,4-12,15,21H2,1-3H3/q+1. The molecule has 0 atom stereocenters. The lowest BCUT2D eigenvalue weighted by atomic mass is 10.0. The van der Waals surface area contributed by atoms with Crippen molar-refractivity contribution in [3.05, 3.63) is 42.5 Å². The highest BCUT2D eigenvalue weighted by atomic mass is 15.3. The van der Waals surface area contributed by atoms with Crippen LogP contribution >= 0.6 is 0 Å². The van der Waals surface area contributed by atoms with Crippen molar-refractivity contribution in [3.63, 3.8) is 0 Å². The Morgan fingerprint density at radius 1 is 0.640 bits per heavy atom. The molecule has 0 spiro atoms. The fourth-order valence-corrected chi connectivity index (χ4v) is 4.17. The molecule has 0 N–H and O–H groups in total. The van der Waals surface area contributed by atoms with Crippen molar-refractivity contribution >= 4 is 16.5 Å². The second-order valence-electron chi connectivity index (χ2n) is 7.47. The molecule has 0 saturated carbocycles. The van der Waals surface area contributed by atoms with Gasteiger partial charge in [0.25, 0.3) is 0 Å². The predicted octanol–water partition coefficient (Wildman–Crippen LogP) is 7.33. The van der Waals surface area contributed by atoms with Gasteiger partial charge in [0.15, 0.2) is 0 Å². The monoisotopic (exact) mass is 340 g/mol. The van der Waals surface area contributed by atoms with Gasteiger partial charge < -0.3 is 0 Å². The highest BCUT2D eigenvalue weighted by molar-refractivity contribution is 5.93. The van der Waals surface area contributed by atoms with Crippen molar-refractivity contribution in [2.45, 2.75) is 72.1 Å². The number of benzene rings is 2. The molecule has 0 heterocycles. The number of unbranched alkanes of at least 4 members (excludes halogenated alkanes) is 7. The molecule has 0 aromatic heterocycles. The van der Waals surface area contributed by atoms with Crippen molar-refractivity contribution in [1.29, 1.82) is 0 Å². The molecule has 138 valence electrons. The zero-order valence-corrected chi connectivity index (χ0v) is 16.8. The molecule has 2 aromatic carbocycles. The lowest BCUT2D eigenvalue weighted by molar-refractivity contribution is 0.294. The molecule has 2 aromatic rings. The Labute approximate surface area is 155 Å². The van der Waals surface area contributed by atoms with E-state index in [2.05, 4.69) is 63.2 Å². The highest BCUT2D eigenvalue weighted by Crippen LogP contribution is 2.32. The van der Waals surface area contributed by atoms with Gasteiger partial charge >= 0.3 is 0 Å². The summed E-state index contributed by atoms with van der Waals surface area (Å²) in [5.74, 6) is 0. The molecule has 25 heavy (non-hydrogen) atoms. The Morgan fingerprint density at radius 3 is 1.92 bits per heavy atom. The van der Waals surface area contributed by atoms with Crippen molar-refractivity contribution in [2.24, 2.45) is 0 Å². The van der Waals surface area contributed by atoms with E-state index in [1.54, 1.807) is 0 Å². The first-order valence-corrected chi connectivity index (χ1v) is 10.6. The summed E-state index contributed by atoms with van der Waals surface area (Å²) < 4.78 is 1.12. The Hall–Kier alpha value is -1.34. The van der Waals surface area contributed by atoms with Crippen LogP contribution in [0.15, 0.2) is 42.5 Å². The fourth-order valence-electron chi connectivity index (χ4n) is 4.17. The van der Waals surface area contributed by atoms with Crippen LogP contribution in [-0.4, -0.2) is 19.6 Å². The van der Waals surface area contributed by atoms with E-state index in [4.69, 9.17) is 0 Å². The third-order valence-electron chi connectivity index (χ3n) is 5.93. The van der Waals surface area contributed by atoms with E-state index in [-0.39, 0.29) is 0 Å². The molecule has 0 aliphatic heterocycles. The van der Waals surface area contributed by atoms with Crippen LogP contribution in [0.25, 0.3) is 10.8 Å². The lowest BCUT2D eigenvalue weighted by Gasteiger charge is -2.37. The van der Waals surface area contributed by atoms with Gasteiger partial charge in [-0.2, -0.15) is 0 Å². The van der Waals surface area contributed by atoms with Crippen LogP contribution in [0.2, 0.25) is 0 Å². The topological polar surface area (TPSA) is 0 Å². The third-order valence-corrected chi connectivity index (χ3v) is 5.93. The molecule has 1 heteroatoms. The van der Waals surface area contributed by atoms with Gasteiger partial charge in [-0.1, -0.05) is 75.8 Å². The smallest absolute Gasteiger partial charge is 0.140 e. The van der Waals surface area contributed by atoms with Crippen molar-refractivity contribution < 1.29 is 0 Å². The molecule has 2 rings (SSSR count). The van der Waals surface area contributed by atoms with Crippen molar-refractivity contribution in [3.8, 4) is 0 Å². The molecule has 1 nitrogen and oxygen atoms in total. The zero-order valence-electron chi connectivity index (χ0n) is 16.8. The fraction of sp³-hybridized carbons (Fsp3) is 0.583. The number of fused-ring (bicyclic) bond motifs is 1. The molecule has 0 amide bonds. The second-order valence-corrected chi connectivity index (χ2v) is 7.47. The molecular formula is C24H38N+. The van der Waals surface area contributed by atoms with Gasteiger partial charge in [0, 0.05) is 5.39 Å². The Balaban J connectivity index is 1.98. The third kappa shape index (κ3) is 5.31. The SMILES string of the molecule is CCCCCCCCCC[N+](CC)(CC)c1cccc2ccccc12. The number of quaternary nitrogens is 1. The first kappa shape index (κ1) is 20.0. The van der Waals surface area contributed by atoms with E-state index < -0.39 is 0 Å². The maximum absolute atomic E-state index is 2.36. The van der Waals surface area contributed by atoms with Crippen LogP contribution in [0.5, 0.6) is 0 Å². The number of nitrogens with zero attached hydrogens (tertiary/aromatic N) is 1. The van der Waals surface area contributed by atoms with E-state index in [1.165, 1.54) is 87.5 Å².